The van der Waals surface area contributed by atoms with Gasteiger partial charge in [0.25, 0.3) is 0 Å². The molecule has 0 saturated carbocycles. The zero-order valence-corrected chi connectivity index (χ0v) is 13.5. The summed E-state index contributed by atoms with van der Waals surface area (Å²) in [5.41, 5.74) is 0. The average Bonchev–Trinajstić information content (AvgIpc) is 3.01. The molecule has 2 aliphatic heterocycles. The van der Waals surface area contributed by atoms with Crippen LogP contribution in [-0.4, -0.2) is 86.7 Å². The summed E-state index contributed by atoms with van der Waals surface area (Å²) < 4.78 is 5.49. The zero-order valence-electron chi connectivity index (χ0n) is 13.5. The molecule has 0 aromatic heterocycles. The molecule has 126 valence electrons. The van der Waals surface area contributed by atoms with Crippen LogP contribution in [-0.2, 0) is 14.3 Å². The second-order valence-electron chi connectivity index (χ2n) is 5.94. The van der Waals surface area contributed by atoms with Crippen LogP contribution < -0.4 is 10.6 Å². The van der Waals surface area contributed by atoms with Crippen molar-refractivity contribution in [3.63, 3.8) is 0 Å². The van der Waals surface area contributed by atoms with Gasteiger partial charge in [-0.3, -0.25) is 19.4 Å². The summed E-state index contributed by atoms with van der Waals surface area (Å²) in [6.45, 7) is 8.22. The van der Waals surface area contributed by atoms with E-state index < -0.39 is 0 Å². The summed E-state index contributed by atoms with van der Waals surface area (Å²) in [6, 6.07) is 0. The summed E-state index contributed by atoms with van der Waals surface area (Å²) in [6.07, 6.45) is 2.32. The quantitative estimate of drug-likeness (QED) is 0.633. The third-order valence-corrected chi connectivity index (χ3v) is 4.12. The van der Waals surface area contributed by atoms with Crippen LogP contribution in [0.15, 0.2) is 0 Å². The van der Waals surface area contributed by atoms with Gasteiger partial charge in [-0.2, -0.15) is 0 Å². The molecule has 2 amide bonds. The fraction of sp³-hybridized carbons (Fsp3) is 0.867. The Morgan fingerprint density at radius 1 is 1.05 bits per heavy atom. The molecule has 0 aliphatic carbocycles. The number of amides is 2. The minimum atomic E-state index is 0.0627. The average molecular weight is 312 g/mol. The normalized spacial score (nSPS) is 23.4. The van der Waals surface area contributed by atoms with Gasteiger partial charge in [-0.25, -0.2) is 0 Å². The van der Waals surface area contributed by atoms with Crippen molar-refractivity contribution < 1.29 is 14.3 Å². The number of hydrogen-bond acceptors (Lipinski definition) is 5. The molecule has 2 fully saturated rings. The number of carbonyl (C=O) groups excluding carboxylic acids is 2. The van der Waals surface area contributed by atoms with Crippen LogP contribution in [0, 0.1) is 0 Å². The standard InChI is InChI=1S/C15H28N4O3/c1-2-16-14(20)11-18-5-7-19(8-6-18)12-15(21)17-10-13-4-3-9-22-13/h13H,2-12H2,1H3,(H,16,20)(H,17,21). The molecule has 0 bridgehead atoms. The smallest absolute Gasteiger partial charge is 0.234 e. The molecule has 2 heterocycles. The number of piperazine rings is 1. The van der Waals surface area contributed by atoms with Crippen molar-refractivity contribution in [3.05, 3.63) is 0 Å². The number of nitrogens with zero attached hydrogens (tertiary/aromatic N) is 2. The highest BCUT2D eigenvalue weighted by Gasteiger charge is 2.21. The Hall–Kier alpha value is -1.18. The van der Waals surface area contributed by atoms with E-state index in [1.165, 1.54) is 0 Å². The lowest BCUT2D eigenvalue weighted by Crippen LogP contribution is -2.51. The second kappa shape index (κ2) is 9.07. The maximum absolute atomic E-state index is 11.9. The van der Waals surface area contributed by atoms with E-state index in [0.717, 1.165) is 45.6 Å². The van der Waals surface area contributed by atoms with Gasteiger partial charge >= 0.3 is 0 Å². The predicted molar refractivity (Wildman–Crippen MR) is 83.5 cm³/mol. The predicted octanol–water partition coefficient (Wildman–Crippen LogP) is -0.965. The SMILES string of the molecule is CCNC(=O)CN1CCN(CC(=O)NCC2CCCO2)CC1. The van der Waals surface area contributed by atoms with Gasteiger partial charge in [0.05, 0.1) is 19.2 Å². The van der Waals surface area contributed by atoms with E-state index >= 15 is 0 Å². The third kappa shape index (κ3) is 5.90. The molecular weight excluding hydrogens is 284 g/mol. The van der Waals surface area contributed by atoms with Crippen LogP contribution in [0.5, 0.6) is 0 Å². The van der Waals surface area contributed by atoms with Gasteiger partial charge in [0.1, 0.15) is 0 Å². The zero-order chi connectivity index (χ0) is 15.8. The van der Waals surface area contributed by atoms with Gasteiger partial charge in [-0.15, -0.1) is 0 Å². The van der Waals surface area contributed by atoms with Crippen molar-refractivity contribution in [2.24, 2.45) is 0 Å². The molecule has 7 heteroatoms. The van der Waals surface area contributed by atoms with E-state index in [0.29, 0.717) is 26.2 Å². The van der Waals surface area contributed by atoms with Crippen LogP contribution >= 0.6 is 0 Å². The Morgan fingerprint density at radius 2 is 1.64 bits per heavy atom. The molecule has 2 rings (SSSR count). The molecule has 0 spiro atoms. The number of carbonyl (C=O) groups is 2. The Kier molecular flexibility index (Phi) is 7.08. The highest BCUT2D eigenvalue weighted by molar-refractivity contribution is 5.78. The van der Waals surface area contributed by atoms with Crippen molar-refractivity contribution in [1.82, 2.24) is 20.4 Å². The maximum atomic E-state index is 11.9. The lowest BCUT2D eigenvalue weighted by atomic mass is 10.2. The van der Waals surface area contributed by atoms with E-state index in [9.17, 15) is 9.59 Å². The number of likely N-dealkylation sites (N-methyl/N-ethyl adjacent to an activating group) is 1. The fourth-order valence-corrected chi connectivity index (χ4v) is 2.85. The lowest BCUT2D eigenvalue weighted by molar-refractivity contribution is -0.125. The third-order valence-electron chi connectivity index (χ3n) is 4.12. The first kappa shape index (κ1) is 17.2. The summed E-state index contributed by atoms with van der Waals surface area (Å²) in [5.74, 6) is 0.137. The summed E-state index contributed by atoms with van der Waals surface area (Å²) in [7, 11) is 0. The molecule has 22 heavy (non-hydrogen) atoms. The number of hydrogen-bond donors (Lipinski definition) is 2. The first-order valence-electron chi connectivity index (χ1n) is 8.27. The highest BCUT2D eigenvalue weighted by Crippen LogP contribution is 2.10. The van der Waals surface area contributed by atoms with E-state index in [2.05, 4.69) is 20.4 Å². The second-order valence-corrected chi connectivity index (χ2v) is 5.94. The molecule has 0 radical (unpaired) electrons. The maximum Gasteiger partial charge on any atom is 0.234 e. The first-order valence-corrected chi connectivity index (χ1v) is 8.27. The van der Waals surface area contributed by atoms with E-state index in [-0.39, 0.29) is 17.9 Å². The molecule has 2 aliphatic rings. The molecule has 2 N–H and O–H groups in total. The van der Waals surface area contributed by atoms with E-state index in [1.807, 2.05) is 6.92 Å². The van der Waals surface area contributed by atoms with Crippen molar-refractivity contribution in [2.45, 2.75) is 25.9 Å². The lowest BCUT2D eigenvalue weighted by Gasteiger charge is -2.33. The summed E-state index contributed by atoms with van der Waals surface area (Å²) in [5, 5.41) is 5.76. The first-order chi connectivity index (χ1) is 10.7. The van der Waals surface area contributed by atoms with Crippen LogP contribution in [0.3, 0.4) is 0 Å². The van der Waals surface area contributed by atoms with Gasteiger partial charge in [0, 0.05) is 45.9 Å². The fourth-order valence-electron chi connectivity index (χ4n) is 2.85. The van der Waals surface area contributed by atoms with Crippen LogP contribution in [0.1, 0.15) is 19.8 Å². The molecule has 1 atom stereocenters. The number of ether oxygens (including phenoxy) is 1. The van der Waals surface area contributed by atoms with Crippen molar-refractivity contribution in [3.8, 4) is 0 Å². The minimum Gasteiger partial charge on any atom is -0.376 e. The Morgan fingerprint density at radius 3 is 2.14 bits per heavy atom. The molecule has 0 aromatic rings. The van der Waals surface area contributed by atoms with Gasteiger partial charge < -0.3 is 15.4 Å². The molecule has 1 unspecified atom stereocenters. The van der Waals surface area contributed by atoms with Gasteiger partial charge in [-0.05, 0) is 19.8 Å². The molecular formula is C15H28N4O3. The van der Waals surface area contributed by atoms with Crippen LogP contribution in [0.2, 0.25) is 0 Å². The minimum absolute atomic E-state index is 0.0627. The van der Waals surface area contributed by atoms with Crippen molar-refractivity contribution >= 4 is 11.8 Å². The monoisotopic (exact) mass is 312 g/mol. The van der Waals surface area contributed by atoms with E-state index in [4.69, 9.17) is 4.74 Å². The van der Waals surface area contributed by atoms with Crippen LogP contribution in [0.4, 0.5) is 0 Å². The Bertz CT molecular complexity index is 364. The van der Waals surface area contributed by atoms with Gasteiger partial charge in [-0.1, -0.05) is 0 Å². The Balaban J connectivity index is 1.58. The largest absolute Gasteiger partial charge is 0.376 e. The molecule has 7 nitrogen and oxygen atoms in total. The molecule has 2 saturated heterocycles. The summed E-state index contributed by atoms with van der Waals surface area (Å²) in [4.78, 5) is 27.7. The highest BCUT2D eigenvalue weighted by atomic mass is 16.5. The summed E-state index contributed by atoms with van der Waals surface area (Å²) >= 11 is 0. The van der Waals surface area contributed by atoms with Crippen molar-refractivity contribution in [1.29, 1.82) is 0 Å². The molecule has 0 aromatic carbocycles. The van der Waals surface area contributed by atoms with Gasteiger partial charge in [0.15, 0.2) is 0 Å². The number of rotatable bonds is 7. The topological polar surface area (TPSA) is 73.9 Å². The van der Waals surface area contributed by atoms with E-state index in [1.54, 1.807) is 0 Å². The van der Waals surface area contributed by atoms with Crippen LogP contribution in [0.25, 0.3) is 0 Å². The Labute approximate surface area is 132 Å². The van der Waals surface area contributed by atoms with Gasteiger partial charge in [0.2, 0.25) is 11.8 Å². The van der Waals surface area contributed by atoms with Crippen molar-refractivity contribution in [2.75, 3.05) is 59.0 Å². The number of nitrogens with one attached hydrogen (secondary N) is 2.